The number of morpholine rings is 1. The van der Waals surface area contributed by atoms with Crippen LogP contribution in [0, 0.1) is 6.92 Å². The van der Waals surface area contributed by atoms with Crippen LogP contribution in [0.3, 0.4) is 0 Å². The van der Waals surface area contributed by atoms with E-state index < -0.39 is 0 Å². The summed E-state index contributed by atoms with van der Waals surface area (Å²) in [4.78, 5) is 0. The fourth-order valence-corrected chi connectivity index (χ4v) is 2.83. The van der Waals surface area contributed by atoms with Crippen LogP contribution in [0.5, 0.6) is 11.5 Å². The van der Waals surface area contributed by atoms with E-state index in [1.165, 1.54) is 0 Å². The van der Waals surface area contributed by atoms with E-state index in [2.05, 4.69) is 12.2 Å². The van der Waals surface area contributed by atoms with Crippen molar-refractivity contribution in [1.82, 2.24) is 5.16 Å². The number of hydrogen-bond donors (Lipinski definition) is 0. The molecule has 0 atom stereocenters. The highest BCUT2D eigenvalue weighted by atomic mass is 127. The first kappa shape index (κ1) is 21.3. The number of ether oxygens (including phenoxy) is 3. The number of benzene rings is 1. The maximum Gasteiger partial charge on any atom is 0.192 e. The van der Waals surface area contributed by atoms with Crippen LogP contribution in [0.15, 0.2) is 28.8 Å². The van der Waals surface area contributed by atoms with Crippen LogP contribution in [-0.4, -0.2) is 56.1 Å². The van der Waals surface area contributed by atoms with E-state index in [9.17, 15) is 0 Å². The fourth-order valence-electron chi connectivity index (χ4n) is 2.71. The van der Waals surface area contributed by atoms with Crippen LogP contribution in [0.2, 0.25) is 5.02 Å². The SMILES string of the molecule is Cc1noc(COc2ccccc2OCC[N+]2(C)CCOCC2)c1Cl.I. The summed E-state index contributed by atoms with van der Waals surface area (Å²) in [6.45, 7) is 7.23. The zero-order chi connectivity index (χ0) is 17.7. The summed E-state index contributed by atoms with van der Waals surface area (Å²) >= 11 is 6.12. The third kappa shape index (κ3) is 5.48. The van der Waals surface area contributed by atoms with Crippen molar-refractivity contribution < 1.29 is 23.2 Å². The smallest absolute Gasteiger partial charge is 0.192 e. The molecule has 1 aromatic carbocycles. The van der Waals surface area contributed by atoms with Crippen molar-refractivity contribution >= 4 is 35.6 Å². The van der Waals surface area contributed by atoms with Gasteiger partial charge >= 0.3 is 0 Å². The number of likely N-dealkylation sites (N-methyl/N-ethyl adjacent to an activating group) is 1. The average molecular weight is 496 g/mol. The molecule has 2 aromatic rings. The topological polar surface area (TPSA) is 53.7 Å². The molecule has 8 heteroatoms. The van der Waals surface area contributed by atoms with Gasteiger partial charge in [0.15, 0.2) is 23.9 Å². The van der Waals surface area contributed by atoms with Gasteiger partial charge < -0.3 is 23.2 Å². The van der Waals surface area contributed by atoms with Crippen LogP contribution < -0.4 is 9.47 Å². The van der Waals surface area contributed by atoms with Gasteiger partial charge in [0.25, 0.3) is 0 Å². The van der Waals surface area contributed by atoms with Gasteiger partial charge in [-0.3, -0.25) is 0 Å². The number of aromatic nitrogens is 1. The van der Waals surface area contributed by atoms with E-state index in [1.807, 2.05) is 24.3 Å². The number of para-hydroxylation sites is 2. The van der Waals surface area contributed by atoms with Gasteiger partial charge in [-0.1, -0.05) is 28.9 Å². The van der Waals surface area contributed by atoms with E-state index in [1.54, 1.807) is 6.92 Å². The second kappa shape index (κ2) is 9.77. The standard InChI is InChI=1S/C18H24ClN2O4.HI/c1-14-18(19)17(25-20-14)13-24-16-6-4-3-5-15(16)23-12-9-21(2)7-10-22-11-8-21;/h3-6H,7-13H2,1-2H3;1H/q+1;. The Labute approximate surface area is 175 Å². The summed E-state index contributed by atoms with van der Waals surface area (Å²) in [6.07, 6.45) is 0. The molecule has 6 nitrogen and oxygen atoms in total. The number of halogens is 2. The van der Waals surface area contributed by atoms with Crippen molar-refractivity contribution in [2.24, 2.45) is 0 Å². The van der Waals surface area contributed by atoms with Gasteiger partial charge in [-0.05, 0) is 19.1 Å². The lowest BCUT2D eigenvalue weighted by Gasteiger charge is -2.37. The Bertz CT molecular complexity index is 704. The Hall–Kier alpha value is -1.03. The zero-order valence-electron chi connectivity index (χ0n) is 15.1. The molecule has 0 bridgehead atoms. The van der Waals surface area contributed by atoms with E-state index in [0.717, 1.165) is 43.1 Å². The van der Waals surface area contributed by atoms with E-state index in [-0.39, 0.29) is 30.6 Å². The third-order valence-electron chi connectivity index (χ3n) is 4.50. The highest BCUT2D eigenvalue weighted by Gasteiger charge is 2.25. The van der Waals surface area contributed by atoms with Crippen molar-refractivity contribution in [1.29, 1.82) is 0 Å². The summed E-state index contributed by atoms with van der Waals surface area (Å²) in [5.41, 5.74) is 0.660. The normalized spacial score (nSPS) is 16.0. The molecular weight excluding hydrogens is 471 g/mol. The molecule has 0 spiro atoms. The minimum Gasteiger partial charge on any atom is -0.484 e. The highest BCUT2D eigenvalue weighted by Crippen LogP contribution is 2.29. The molecule has 0 unspecified atom stereocenters. The predicted molar refractivity (Wildman–Crippen MR) is 110 cm³/mol. The van der Waals surface area contributed by atoms with Crippen molar-refractivity contribution in [3.8, 4) is 11.5 Å². The van der Waals surface area contributed by atoms with Gasteiger partial charge in [-0.25, -0.2) is 0 Å². The lowest BCUT2D eigenvalue weighted by Crippen LogP contribution is -2.53. The molecule has 0 saturated carbocycles. The van der Waals surface area contributed by atoms with Crippen LogP contribution in [0.1, 0.15) is 11.5 Å². The zero-order valence-corrected chi connectivity index (χ0v) is 18.2. The van der Waals surface area contributed by atoms with Gasteiger partial charge in [0.1, 0.15) is 31.3 Å². The molecule has 3 rings (SSSR count). The molecule has 0 radical (unpaired) electrons. The summed E-state index contributed by atoms with van der Waals surface area (Å²) in [6, 6.07) is 7.61. The maximum absolute atomic E-state index is 6.12. The molecule has 0 aliphatic carbocycles. The molecule has 1 aromatic heterocycles. The van der Waals surface area contributed by atoms with Crippen molar-refractivity contribution in [2.45, 2.75) is 13.5 Å². The van der Waals surface area contributed by atoms with Crippen LogP contribution >= 0.6 is 35.6 Å². The number of nitrogens with zero attached hydrogens (tertiary/aromatic N) is 2. The Morgan fingerprint density at radius 3 is 2.42 bits per heavy atom. The minimum atomic E-state index is 0. The van der Waals surface area contributed by atoms with Gasteiger partial charge in [-0.2, -0.15) is 0 Å². The number of hydrogen-bond acceptors (Lipinski definition) is 5. The second-order valence-corrected chi connectivity index (χ2v) is 6.87. The number of rotatable bonds is 7. The molecule has 1 aliphatic rings. The number of quaternary nitrogens is 1. The van der Waals surface area contributed by atoms with Crippen molar-refractivity contribution in [3.05, 3.63) is 40.7 Å². The Morgan fingerprint density at radius 1 is 1.15 bits per heavy atom. The quantitative estimate of drug-likeness (QED) is 0.433. The van der Waals surface area contributed by atoms with Crippen molar-refractivity contribution in [3.63, 3.8) is 0 Å². The largest absolute Gasteiger partial charge is 0.484 e. The first-order chi connectivity index (χ1) is 12.1. The molecule has 0 N–H and O–H groups in total. The number of aryl methyl sites for hydroxylation is 1. The first-order valence-electron chi connectivity index (χ1n) is 8.44. The molecule has 2 heterocycles. The molecule has 0 amide bonds. The molecular formula is C18H25ClIN2O4+. The Balaban J connectivity index is 0.00000243. The Kier molecular flexibility index (Phi) is 8.00. The van der Waals surface area contributed by atoms with Gasteiger partial charge in [0.2, 0.25) is 0 Å². The summed E-state index contributed by atoms with van der Waals surface area (Å²) in [7, 11) is 2.24. The monoisotopic (exact) mass is 495 g/mol. The molecule has 1 fully saturated rings. The highest BCUT2D eigenvalue weighted by molar-refractivity contribution is 14.0. The fraction of sp³-hybridized carbons (Fsp3) is 0.500. The van der Waals surface area contributed by atoms with Gasteiger partial charge in [0.05, 0.1) is 26.0 Å². The summed E-state index contributed by atoms with van der Waals surface area (Å²) in [5.74, 6) is 1.90. The predicted octanol–water partition coefficient (Wildman–Crippen LogP) is 3.69. The molecule has 1 aliphatic heterocycles. The molecule has 144 valence electrons. The van der Waals surface area contributed by atoms with Gasteiger partial charge in [-0.15, -0.1) is 24.0 Å². The van der Waals surface area contributed by atoms with Gasteiger partial charge in [0, 0.05) is 0 Å². The van der Waals surface area contributed by atoms with E-state index in [0.29, 0.717) is 28.8 Å². The Morgan fingerprint density at radius 2 is 1.81 bits per heavy atom. The van der Waals surface area contributed by atoms with E-state index >= 15 is 0 Å². The maximum atomic E-state index is 6.12. The first-order valence-corrected chi connectivity index (χ1v) is 8.82. The third-order valence-corrected chi connectivity index (χ3v) is 4.99. The minimum absolute atomic E-state index is 0. The lowest BCUT2D eigenvalue weighted by atomic mass is 10.3. The van der Waals surface area contributed by atoms with Crippen LogP contribution in [0.25, 0.3) is 0 Å². The van der Waals surface area contributed by atoms with E-state index in [4.69, 9.17) is 30.3 Å². The average Bonchev–Trinajstić information content (AvgIpc) is 2.93. The van der Waals surface area contributed by atoms with Crippen LogP contribution in [0.4, 0.5) is 0 Å². The summed E-state index contributed by atoms with van der Waals surface area (Å²) in [5, 5.41) is 4.33. The second-order valence-electron chi connectivity index (χ2n) is 6.49. The molecule has 26 heavy (non-hydrogen) atoms. The lowest BCUT2D eigenvalue weighted by molar-refractivity contribution is -0.916. The van der Waals surface area contributed by atoms with Crippen molar-refractivity contribution in [2.75, 3.05) is 46.5 Å². The summed E-state index contributed by atoms with van der Waals surface area (Å²) < 4.78 is 23.4. The molecule has 1 saturated heterocycles. The van der Waals surface area contributed by atoms with Crippen LogP contribution in [-0.2, 0) is 11.3 Å².